The number of rotatable bonds is 5. The second kappa shape index (κ2) is 6.39. The summed E-state index contributed by atoms with van der Waals surface area (Å²) in [7, 11) is 0. The molecule has 0 aromatic carbocycles. The van der Waals surface area contributed by atoms with Crippen LogP contribution in [0.4, 0.5) is 5.95 Å². The Bertz CT molecular complexity index is 571. The maximum absolute atomic E-state index is 12.3. The first-order valence-electron chi connectivity index (χ1n) is 7.18. The molecule has 1 atom stereocenters. The topological polar surface area (TPSA) is 71.3 Å². The summed E-state index contributed by atoms with van der Waals surface area (Å²) in [6, 6.07) is 5.36. The van der Waals surface area contributed by atoms with Crippen LogP contribution in [0.5, 0.6) is 0 Å². The Kier molecular flexibility index (Phi) is 4.14. The van der Waals surface area contributed by atoms with E-state index in [2.05, 4.69) is 15.3 Å². The summed E-state index contributed by atoms with van der Waals surface area (Å²) in [5, 5.41) is 2.97. The summed E-state index contributed by atoms with van der Waals surface area (Å²) in [5.74, 6) is 1.54. The van der Waals surface area contributed by atoms with Gasteiger partial charge in [-0.15, -0.1) is 0 Å². The lowest BCUT2D eigenvalue weighted by molar-refractivity contribution is -0.122. The Morgan fingerprint density at radius 1 is 1.38 bits per heavy atom. The minimum absolute atomic E-state index is 0.0338. The van der Waals surface area contributed by atoms with Gasteiger partial charge in [-0.05, 0) is 31.0 Å². The van der Waals surface area contributed by atoms with Crippen LogP contribution in [0.25, 0.3) is 0 Å². The van der Waals surface area contributed by atoms with Gasteiger partial charge in [0.15, 0.2) is 0 Å². The number of carbonyl (C=O) groups is 1. The molecule has 1 N–H and O–H groups in total. The van der Waals surface area contributed by atoms with Gasteiger partial charge in [0.1, 0.15) is 11.8 Å². The lowest BCUT2D eigenvalue weighted by Crippen LogP contribution is -2.44. The molecule has 1 fully saturated rings. The number of furan rings is 1. The zero-order valence-corrected chi connectivity index (χ0v) is 11.7. The van der Waals surface area contributed by atoms with Crippen LogP contribution in [-0.4, -0.2) is 35.0 Å². The monoisotopic (exact) mass is 286 g/mol. The van der Waals surface area contributed by atoms with Gasteiger partial charge in [-0.3, -0.25) is 4.79 Å². The lowest BCUT2D eigenvalue weighted by Gasteiger charge is -2.23. The molecule has 2 aromatic rings. The van der Waals surface area contributed by atoms with E-state index in [1.807, 2.05) is 17.0 Å². The lowest BCUT2D eigenvalue weighted by atomic mass is 10.2. The summed E-state index contributed by atoms with van der Waals surface area (Å²) in [5.41, 5.74) is 0. The number of amides is 1. The van der Waals surface area contributed by atoms with Gasteiger partial charge in [0.25, 0.3) is 0 Å². The predicted molar refractivity (Wildman–Crippen MR) is 77.8 cm³/mol. The number of aromatic nitrogens is 2. The van der Waals surface area contributed by atoms with E-state index in [9.17, 15) is 4.79 Å². The molecule has 3 rings (SSSR count). The summed E-state index contributed by atoms with van der Waals surface area (Å²) in [4.78, 5) is 22.8. The summed E-state index contributed by atoms with van der Waals surface area (Å²) >= 11 is 0. The smallest absolute Gasteiger partial charge is 0.242 e. The Balaban J connectivity index is 1.56. The number of carbonyl (C=O) groups excluding carboxylic acids is 1. The third kappa shape index (κ3) is 3.21. The molecule has 6 heteroatoms. The Labute approximate surface area is 123 Å². The molecule has 6 nitrogen and oxygen atoms in total. The second-order valence-corrected chi connectivity index (χ2v) is 5.02. The maximum atomic E-state index is 12.3. The molecule has 1 amide bonds. The van der Waals surface area contributed by atoms with Gasteiger partial charge in [-0.1, -0.05) is 0 Å². The van der Waals surface area contributed by atoms with E-state index in [1.54, 1.807) is 24.7 Å². The molecule has 0 saturated carbocycles. The molecule has 0 radical (unpaired) electrons. The van der Waals surface area contributed by atoms with Crippen LogP contribution in [0, 0.1) is 0 Å². The van der Waals surface area contributed by atoms with E-state index >= 15 is 0 Å². The SMILES string of the molecule is O=C(NCCc1ccco1)C1CCCN1c1ncccn1. The van der Waals surface area contributed by atoms with E-state index in [0.29, 0.717) is 18.9 Å². The minimum Gasteiger partial charge on any atom is -0.469 e. The van der Waals surface area contributed by atoms with Crippen LogP contribution in [0.2, 0.25) is 0 Å². The zero-order chi connectivity index (χ0) is 14.5. The largest absolute Gasteiger partial charge is 0.469 e. The average Bonchev–Trinajstić information content (AvgIpc) is 3.19. The Morgan fingerprint density at radius 2 is 2.24 bits per heavy atom. The van der Waals surface area contributed by atoms with Crippen molar-refractivity contribution in [1.29, 1.82) is 0 Å². The van der Waals surface area contributed by atoms with Gasteiger partial charge < -0.3 is 14.6 Å². The van der Waals surface area contributed by atoms with Gasteiger partial charge in [0.05, 0.1) is 6.26 Å². The molecule has 0 aliphatic carbocycles. The molecule has 0 bridgehead atoms. The maximum Gasteiger partial charge on any atom is 0.242 e. The van der Waals surface area contributed by atoms with Gasteiger partial charge in [0, 0.05) is 31.9 Å². The normalized spacial score (nSPS) is 17.9. The van der Waals surface area contributed by atoms with Crippen molar-refractivity contribution in [3.05, 3.63) is 42.6 Å². The zero-order valence-electron chi connectivity index (χ0n) is 11.7. The quantitative estimate of drug-likeness (QED) is 0.899. The molecule has 1 saturated heterocycles. The van der Waals surface area contributed by atoms with Crippen molar-refractivity contribution in [3.63, 3.8) is 0 Å². The standard InChI is InChI=1S/C15H18N4O2/c20-14(16-9-6-12-4-2-11-21-12)13-5-1-10-19(13)15-17-7-3-8-18-15/h2-4,7-8,11,13H,1,5-6,9-10H2,(H,16,20). The molecule has 21 heavy (non-hydrogen) atoms. The molecule has 1 aliphatic rings. The van der Waals surface area contributed by atoms with E-state index in [1.165, 1.54) is 0 Å². The van der Waals surface area contributed by atoms with Gasteiger partial charge in [0.2, 0.25) is 11.9 Å². The van der Waals surface area contributed by atoms with Crippen LogP contribution in [0.1, 0.15) is 18.6 Å². The first kappa shape index (κ1) is 13.6. The minimum atomic E-state index is -0.177. The molecular formula is C15H18N4O2. The van der Waals surface area contributed by atoms with Gasteiger partial charge in [-0.25, -0.2) is 9.97 Å². The van der Waals surface area contributed by atoms with Crippen molar-refractivity contribution in [3.8, 4) is 0 Å². The molecule has 1 aliphatic heterocycles. The highest BCUT2D eigenvalue weighted by molar-refractivity contribution is 5.85. The summed E-state index contributed by atoms with van der Waals surface area (Å²) in [6.07, 6.45) is 7.56. The highest BCUT2D eigenvalue weighted by Gasteiger charge is 2.32. The summed E-state index contributed by atoms with van der Waals surface area (Å²) < 4.78 is 5.25. The molecule has 3 heterocycles. The Morgan fingerprint density at radius 3 is 3.00 bits per heavy atom. The Hall–Kier alpha value is -2.37. The van der Waals surface area contributed by atoms with Gasteiger partial charge >= 0.3 is 0 Å². The van der Waals surface area contributed by atoms with Crippen LogP contribution < -0.4 is 10.2 Å². The third-order valence-electron chi connectivity index (χ3n) is 3.62. The number of nitrogens with zero attached hydrogens (tertiary/aromatic N) is 3. The molecule has 0 spiro atoms. The number of anilines is 1. The average molecular weight is 286 g/mol. The van der Waals surface area contributed by atoms with Crippen molar-refractivity contribution in [2.45, 2.75) is 25.3 Å². The highest BCUT2D eigenvalue weighted by Crippen LogP contribution is 2.21. The molecule has 2 aromatic heterocycles. The van der Waals surface area contributed by atoms with Crippen molar-refractivity contribution in [2.24, 2.45) is 0 Å². The van der Waals surface area contributed by atoms with E-state index in [4.69, 9.17) is 4.42 Å². The van der Waals surface area contributed by atoms with Crippen molar-refractivity contribution in [1.82, 2.24) is 15.3 Å². The van der Waals surface area contributed by atoms with Gasteiger partial charge in [-0.2, -0.15) is 0 Å². The predicted octanol–water partition coefficient (Wildman–Crippen LogP) is 1.40. The van der Waals surface area contributed by atoms with Crippen LogP contribution in [0.3, 0.4) is 0 Å². The van der Waals surface area contributed by atoms with E-state index in [0.717, 1.165) is 25.1 Å². The number of hydrogen-bond acceptors (Lipinski definition) is 5. The third-order valence-corrected chi connectivity index (χ3v) is 3.62. The fourth-order valence-corrected chi connectivity index (χ4v) is 2.60. The number of hydrogen-bond donors (Lipinski definition) is 1. The molecular weight excluding hydrogens is 268 g/mol. The van der Waals surface area contributed by atoms with Crippen molar-refractivity contribution < 1.29 is 9.21 Å². The van der Waals surface area contributed by atoms with Crippen molar-refractivity contribution in [2.75, 3.05) is 18.0 Å². The number of nitrogens with one attached hydrogen (secondary N) is 1. The fourth-order valence-electron chi connectivity index (χ4n) is 2.60. The molecule has 1 unspecified atom stereocenters. The van der Waals surface area contributed by atoms with Crippen LogP contribution in [-0.2, 0) is 11.2 Å². The van der Waals surface area contributed by atoms with E-state index in [-0.39, 0.29) is 11.9 Å². The van der Waals surface area contributed by atoms with Crippen LogP contribution >= 0.6 is 0 Å². The fraction of sp³-hybridized carbons (Fsp3) is 0.400. The van der Waals surface area contributed by atoms with Crippen molar-refractivity contribution >= 4 is 11.9 Å². The first-order chi connectivity index (χ1) is 10.3. The van der Waals surface area contributed by atoms with E-state index < -0.39 is 0 Å². The second-order valence-electron chi connectivity index (χ2n) is 5.02. The van der Waals surface area contributed by atoms with Crippen LogP contribution in [0.15, 0.2) is 41.3 Å². The highest BCUT2D eigenvalue weighted by atomic mass is 16.3. The first-order valence-corrected chi connectivity index (χ1v) is 7.18. The molecule has 110 valence electrons. The summed E-state index contributed by atoms with van der Waals surface area (Å²) in [6.45, 7) is 1.40.